The van der Waals surface area contributed by atoms with E-state index in [-0.39, 0.29) is 0 Å². The van der Waals surface area contributed by atoms with Gasteiger partial charge in [0.05, 0.1) is 23.3 Å². The summed E-state index contributed by atoms with van der Waals surface area (Å²) in [7, 11) is 0. The lowest BCUT2D eigenvalue weighted by Crippen LogP contribution is -1.91. The van der Waals surface area contributed by atoms with E-state index in [0.29, 0.717) is 11.1 Å². The van der Waals surface area contributed by atoms with E-state index in [0.717, 1.165) is 33.4 Å². The molecule has 30 heavy (non-hydrogen) atoms. The fourth-order valence-corrected chi connectivity index (χ4v) is 3.66. The number of hydrogen-bond donors (Lipinski definition) is 0. The van der Waals surface area contributed by atoms with E-state index >= 15 is 0 Å². The highest BCUT2D eigenvalue weighted by molar-refractivity contribution is 5.96. The molecule has 0 spiro atoms. The maximum absolute atomic E-state index is 9.81. The van der Waals surface area contributed by atoms with E-state index in [9.17, 15) is 10.5 Å². The lowest BCUT2D eigenvalue weighted by molar-refractivity contribution is 1.36. The molecule has 0 heterocycles. The van der Waals surface area contributed by atoms with Crippen molar-refractivity contribution in [2.45, 2.75) is 27.7 Å². The Morgan fingerprint density at radius 1 is 0.633 bits per heavy atom. The first-order chi connectivity index (χ1) is 14.4. The van der Waals surface area contributed by atoms with Crippen molar-refractivity contribution in [3.63, 3.8) is 0 Å². The maximum Gasteiger partial charge on any atom is 0.0998 e. The first-order valence-electron chi connectivity index (χ1n) is 9.91. The van der Waals surface area contributed by atoms with Gasteiger partial charge in [-0.05, 0) is 73.2 Å². The van der Waals surface area contributed by atoms with Gasteiger partial charge < -0.3 is 0 Å². The van der Waals surface area contributed by atoms with E-state index in [2.05, 4.69) is 24.3 Å². The van der Waals surface area contributed by atoms with Crippen LogP contribution >= 0.6 is 0 Å². The average molecular weight is 389 g/mol. The zero-order valence-corrected chi connectivity index (χ0v) is 17.8. The lowest BCUT2D eigenvalue weighted by atomic mass is 9.94. The third kappa shape index (κ3) is 4.57. The predicted molar refractivity (Wildman–Crippen MR) is 125 cm³/mol. The van der Waals surface area contributed by atoms with Gasteiger partial charge in [0, 0.05) is 0 Å². The number of aryl methyl sites for hydroxylation is 4. The molecule has 0 aliphatic rings. The zero-order valence-electron chi connectivity index (χ0n) is 17.8. The van der Waals surface area contributed by atoms with E-state index < -0.39 is 0 Å². The van der Waals surface area contributed by atoms with Crippen LogP contribution in [0.1, 0.15) is 44.5 Å². The van der Waals surface area contributed by atoms with E-state index in [1.165, 1.54) is 11.1 Å². The Labute approximate surface area is 179 Å². The van der Waals surface area contributed by atoms with Crippen LogP contribution in [0.3, 0.4) is 0 Å². The van der Waals surface area contributed by atoms with Crippen LogP contribution in [0.5, 0.6) is 0 Å². The van der Waals surface area contributed by atoms with Crippen molar-refractivity contribution < 1.29 is 0 Å². The number of nitrogens with zero attached hydrogens (tertiary/aromatic N) is 2. The monoisotopic (exact) mass is 388 g/mol. The van der Waals surface area contributed by atoms with E-state index in [1.807, 2.05) is 88.4 Å². The third-order valence-electron chi connectivity index (χ3n) is 5.18. The van der Waals surface area contributed by atoms with Crippen molar-refractivity contribution in [1.29, 1.82) is 10.5 Å². The molecule has 0 N–H and O–H groups in total. The number of nitriles is 2. The Morgan fingerprint density at radius 2 is 1.03 bits per heavy atom. The lowest BCUT2D eigenvalue weighted by Gasteiger charge is -2.09. The standard InChI is InChI=1S/C28H24N2/c1-19-9-11-27(21(3)13-19)25(17-29)15-23-7-5-6-8-24(23)16-26(18-30)28-12-10-20(2)14-22(28)4/h5-16H,1-4H3/b25-15+,26-16+. The van der Waals surface area contributed by atoms with Crippen LogP contribution in [0.2, 0.25) is 0 Å². The molecule has 0 saturated heterocycles. The molecule has 0 aliphatic carbocycles. The molecule has 3 aromatic rings. The molecule has 0 amide bonds. The van der Waals surface area contributed by atoms with Crippen LogP contribution in [-0.2, 0) is 0 Å². The SMILES string of the molecule is Cc1ccc(/C(C#N)=C/c2ccccc2/C=C(\C#N)c2ccc(C)cc2C)c(C)c1. The summed E-state index contributed by atoms with van der Waals surface area (Å²) >= 11 is 0. The van der Waals surface area contributed by atoms with Crippen molar-refractivity contribution in [2.24, 2.45) is 0 Å². The Balaban J connectivity index is 2.11. The molecule has 0 unspecified atom stereocenters. The Kier molecular flexibility index (Phi) is 6.31. The van der Waals surface area contributed by atoms with Crippen LogP contribution in [0.15, 0.2) is 60.7 Å². The molecule has 0 atom stereocenters. The van der Waals surface area contributed by atoms with Crippen LogP contribution in [-0.4, -0.2) is 0 Å². The molecule has 0 fully saturated rings. The van der Waals surface area contributed by atoms with Gasteiger partial charge in [0.15, 0.2) is 0 Å². The molecule has 0 aliphatic heterocycles. The summed E-state index contributed by atoms with van der Waals surface area (Å²) in [4.78, 5) is 0. The summed E-state index contributed by atoms with van der Waals surface area (Å²) in [6.07, 6.45) is 3.81. The highest BCUT2D eigenvalue weighted by Gasteiger charge is 2.09. The molecular weight excluding hydrogens is 364 g/mol. The number of allylic oxidation sites excluding steroid dienone is 2. The van der Waals surface area contributed by atoms with Gasteiger partial charge in [0.1, 0.15) is 0 Å². The second kappa shape index (κ2) is 9.08. The highest BCUT2D eigenvalue weighted by atomic mass is 14.3. The van der Waals surface area contributed by atoms with Crippen LogP contribution in [0.4, 0.5) is 0 Å². The molecule has 2 heteroatoms. The van der Waals surface area contributed by atoms with Gasteiger partial charge in [-0.3, -0.25) is 0 Å². The molecular formula is C28H24N2. The maximum atomic E-state index is 9.81. The fourth-order valence-electron chi connectivity index (χ4n) is 3.66. The number of benzene rings is 3. The second-order valence-electron chi connectivity index (χ2n) is 7.61. The van der Waals surface area contributed by atoms with Gasteiger partial charge in [-0.1, -0.05) is 71.8 Å². The topological polar surface area (TPSA) is 47.6 Å². The summed E-state index contributed by atoms with van der Waals surface area (Å²) in [5.74, 6) is 0. The van der Waals surface area contributed by atoms with Crippen LogP contribution < -0.4 is 0 Å². The van der Waals surface area contributed by atoms with Crippen molar-refractivity contribution in [3.05, 3.63) is 105 Å². The minimum Gasteiger partial charge on any atom is -0.192 e. The molecule has 3 aromatic carbocycles. The van der Waals surface area contributed by atoms with Crippen LogP contribution in [0, 0.1) is 50.4 Å². The first-order valence-corrected chi connectivity index (χ1v) is 9.91. The molecule has 0 aromatic heterocycles. The smallest absolute Gasteiger partial charge is 0.0998 e. The Morgan fingerprint density at radius 3 is 1.37 bits per heavy atom. The minimum absolute atomic E-state index is 0.610. The predicted octanol–water partition coefficient (Wildman–Crippen LogP) is 7.05. The average Bonchev–Trinajstić information content (AvgIpc) is 2.72. The zero-order chi connectivity index (χ0) is 21.7. The Hall–Kier alpha value is -3.88. The van der Waals surface area contributed by atoms with Crippen molar-refractivity contribution >= 4 is 23.3 Å². The molecule has 146 valence electrons. The van der Waals surface area contributed by atoms with Crippen molar-refractivity contribution in [1.82, 2.24) is 0 Å². The molecule has 0 bridgehead atoms. The fraction of sp³-hybridized carbons (Fsp3) is 0.143. The van der Waals surface area contributed by atoms with Crippen LogP contribution in [0.25, 0.3) is 23.3 Å². The van der Waals surface area contributed by atoms with Crippen molar-refractivity contribution in [2.75, 3.05) is 0 Å². The van der Waals surface area contributed by atoms with Gasteiger partial charge in [0.25, 0.3) is 0 Å². The summed E-state index contributed by atoms with van der Waals surface area (Å²) in [5, 5.41) is 19.6. The highest BCUT2D eigenvalue weighted by Crippen LogP contribution is 2.27. The van der Waals surface area contributed by atoms with Gasteiger partial charge >= 0.3 is 0 Å². The largest absolute Gasteiger partial charge is 0.192 e. The van der Waals surface area contributed by atoms with Crippen molar-refractivity contribution in [3.8, 4) is 12.1 Å². The number of rotatable bonds is 4. The molecule has 2 nitrogen and oxygen atoms in total. The normalized spacial score (nSPS) is 11.7. The van der Waals surface area contributed by atoms with Gasteiger partial charge in [-0.25, -0.2) is 0 Å². The third-order valence-corrected chi connectivity index (χ3v) is 5.18. The van der Waals surface area contributed by atoms with E-state index in [1.54, 1.807) is 0 Å². The van der Waals surface area contributed by atoms with Gasteiger partial charge in [0.2, 0.25) is 0 Å². The summed E-state index contributed by atoms with van der Waals surface area (Å²) < 4.78 is 0. The number of hydrogen-bond acceptors (Lipinski definition) is 2. The molecule has 0 saturated carbocycles. The van der Waals surface area contributed by atoms with E-state index in [4.69, 9.17) is 0 Å². The van der Waals surface area contributed by atoms with Gasteiger partial charge in [-0.15, -0.1) is 0 Å². The summed E-state index contributed by atoms with van der Waals surface area (Å²) in [6.45, 7) is 8.13. The van der Waals surface area contributed by atoms with Gasteiger partial charge in [-0.2, -0.15) is 10.5 Å². The first kappa shape index (κ1) is 20.8. The summed E-state index contributed by atoms with van der Waals surface area (Å²) in [5.41, 5.74) is 9.38. The molecule has 0 radical (unpaired) electrons. The molecule has 3 rings (SSSR count). The second-order valence-corrected chi connectivity index (χ2v) is 7.61. The Bertz CT molecular complexity index is 1150. The minimum atomic E-state index is 0.610. The summed E-state index contributed by atoms with van der Waals surface area (Å²) in [6, 6.07) is 24.7. The quantitative estimate of drug-likeness (QED) is 0.355.